The first-order valence-corrected chi connectivity index (χ1v) is 15.9. The van der Waals surface area contributed by atoms with Crippen LogP contribution in [0.15, 0.2) is 53.4 Å². The minimum absolute atomic E-state index is 0.0525. The van der Waals surface area contributed by atoms with Crippen molar-refractivity contribution in [2.75, 3.05) is 25.0 Å². The minimum Gasteiger partial charge on any atom is -0.479 e. The molecule has 1 aliphatic rings. The first kappa shape index (κ1) is 35.6. The number of aliphatic carboxylic acids is 1. The lowest BCUT2D eigenvalue weighted by Crippen LogP contribution is -2.48. The van der Waals surface area contributed by atoms with Gasteiger partial charge in [0.05, 0.1) is 5.02 Å². The van der Waals surface area contributed by atoms with Gasteiger partial charge in [-0.3, -0.25) is 0 Å². The summed E-state index contributed by atoms with van der Waals surface area (Å²) < 4.78 is 79.6. The van der Waals surface area contributed by atoms with Crippen LogP contribution in [0.3, 0.4) is 0 Å². The van der Waals surface area contributed by atoms with Crippen molar-refractivity contribution in [2.24, 2.45) is 0 Å². The van der Waals surface area contributed by atoms with Gasteiger partial charge in [0.1, 0.15) is 10.6 Å². The number of sulfonamides is 1. The Kier molecular flexibility index (Phi) is 14.3. The van der Waals surface area contributed by atoms with Crippen LogP contribution in [0.25, 0.3) is 0 Å². The van der Waals surface area contributed by atoms with E-state index in [0.717, 1.165) is 23.0 Å². The molecule has 1 saturated heterocycles. The molecule has 13 heteroatoms. The Morgan fingerprint density at radius 2 is 1.52 bits per heavy atom. The highest BCUT2D eigenvalue weighted by molar-refractivity contribution is 7.89. The molecule has 42 heavy (non-hydrogen) atoms. The van der Waals surface area contributed by atoms with Gasteiger partial charge in [-0.25, -0.2) is 17.6 Å². The molecule has 1 fully saturated rings. The van der Waals surface area contributed by atoms with Crippen molar-refractivity contribution in [3.05, 3.63) is 53.6 Å². The van der Waals surface area contributed by atoms with Crippen LogP contribution in [0.5, 0.6) is 5.75 Å². The quantitative estimate of drug-likeness (QED) is 0.161. The topological polar surface area (TPSA) is 95.9 Å². The summed E-state index contributed by atoms with van der Waals surface area (Å²) in [4.78, 5) is 10.7. The molecular weight excluding hydrogens is 600 g/mol. The summed E-state index contributed by atoms with van der Waals surface area (Å²) in [6, 6.07) is 11.8. The summed E-state index contributed by atoms with van der Waals surface area (Å²) in [5, 5.41) is 12.1. The second kappa shape index (κ2) is 16.9. The number of anilines is 1. The number of piperidine rings is 1. The fourth-order valence-corrected chi connectivity index (χ4v) is 6.29. The maximum Gasteiger partial charge on any atom is 0.573 e. The van der Waals surface area contributed by atoms with Gasteiger partial charge in [0.2, 0.25) is 15.7 Å². The smallest absolute Gasteiger partial charge is 0.479 e. The number of alkyl halides is 4. The molecule has 0 unspecified atom stereocenters. The molecule has 2 N–H and O–H groups in total. The summed E-state index contributed by atoms with van der Waals surface area (Å²) in [5.41, 5.74) is -1.54. The van der Waals surface area contributed by atoms with E-state index in [9.17, 15) is 30.8 Å². The molecule has 1 aliphatic heterocycles. The number of carboxylic acid groups (broad SMARTS) is 1. The van der Waals surface area contributed by atoms with Crippen LogP contribution in [-0.4, -0.2) is 55.5 Å². The van der Waals surface area contributed by atoms with Crippen LogP contribution >= 0.6 is 11.6 Å². The summed E-state index contributed by atoms with van der Waals surface area (Å²) in [5.74, 6) is -1.74. The predicted octanol–water partition coefficient (Wildman–Crippen LogP) is 8.06. The first-order chi connectivity index (χ1) is 19.8. The van der Waals surface area contributed by atoms with Gasteiger partial charge in [-0.15, -0.1) is 13.2 Å². The summed E-state index contributed by atoms with van der Waals surface area (Å²) >= 11 is 5.86. The third kappa shape index (κ3) is 12.0. The van der Waals surface area contributed by atoms with E-state index >= 15 is 0 Å². The number of carbonyl (C=O) groups is 1. The minimum atomic E-state index is -4.63. The molecule has 0 radical (unpaired) electrons. The Morgan fingerprint density at radius 1 is 0.976 bits per heavy atom. The number of hydrogen-bond acceptors (Lipinski definition) is 5. The van der Waals surface area contributed by atoms with Crippen molar-refractivity contribution in [1.82, 2.24) is 4.31 Å². The second-order valence-electron chi connectivity index (χ2n) is 10.1. The molecule has 0 amide bonds. The summed E-state index contributed by atoms with van der Waals surface area (Å²) in [7, 11) is -3.83. The highest BCUT2D eigenvalue weighted by Gasteiger charge is 2.44. The van der Waals surface area contributed by atoms with E-state index in [4.69, 9.17) is 16.7 Å². The lowest BCUT2D eigenvalue weighted by atomic mass is 9.95. The van der Waals surface area contributed by atoms with Crippen LogP contribution in [-0.2, 0) is 14.8 Å². The number of hydrogen-bond donors (Lipinski definition) is 2. The number of unbranched alkanes of at least 4 members (excludes halogenated alkanes) is 7. The van der Waals surface area contributed by atoms with Gasteiger partial charge in [0, 0.05) is 38.2 Å². The van der Waals surface area contributed by atoms with Crippen LogP contribution in [0, 0.1) is 0 Å². The molecule has 0 saturated carbocycles. The molecule has 0 atom stereocenters. The van der Waals surface area contributed by atoms with Crippen LogP contribution < -0.4 is 10.1 Å². The van der Waals surface area contributed by atoms with Gasteiger partial charge >= 0.3 is 12.3 Å². The zero-order chi connectivity index (χ0) is 31.2. The number of rotatable bonds is 14. The standard InChI is InChI=1S/C17H26F3NO.C12H13ClFNO4S/c1-2-3-4-5-6-7-8-9-14-21-15-10-12-16(13-11-15)22-17(18,19)20;13-9-3-1-2-4-10(9)20(18,19)15-7-5-12(14,6-8-15)11(16)17/h10-13,21H,2-9,14H2,1H3;1-4H,5-8H2,(H,16,17). The monoisotopic (exact) mass is 638 g/mol. The lowest BCUT2D eigenvalue weighted by molar-refractivity contribution is -0.274. The van der Waals surface area contributed by atoms with Gasteiger partial charge in [-0.2, -0.15) is 4.31 Å². The largest absolute Gasteiger partial charge is 0.573 e. The maximum atomic E-state index is 13.9. The Balaban J connectivity index is 0.000000294. The normalized spacial score (nSPS) is 15.4. The van der Waals surface area contributed by atoms with Crippen molar-refractivity contribution < 1.29 is 40.6 Å². The SMILES string of the molecule is CCCCCCCCCCNc1ccc(OC(F)(F)F)cc1.O=C(O)C1(F)CCN(S(=O)(=O)c2ccccc2Cl)CC1. The molecule has 0 aliphatic carbocycles. The molecule has 236 valence electrons. The lowest BCUT2D eigenvalue weighted by Gasteiger charge is -2.33. The van der Waals surface area contributed by atoms with Crippen molar-refractivity contribution >= 4 is 33.3 Å². The van der Waals surface area contributed by atoms with Gasteiger partial charge in [0.15, 0.2) is 0 Å². The summed E-state index contributed by atoms with van der Waals surface area (Å²) in [6.07, 6.45) is 4.70. The average molecular weight is 639 g/mol. The van der Waals surface area contributed by atoms with Crippen LogP contribution in [0.2, 0.25) is 5.02 Å². The molecule has 0 bridgehead atoms. The average Bonchev–Trinajstić information content (AvgIpc) is 2.93. The number of nitrogens with one attached hydrogen (secondary N) is 1. The van der Waals surface area contributed by atoms with Crippen molar-refractivity contribution in [3.63, 3.8) is 0 Å². The first-order valence-electron chi connectivity index (χ1n) is 14.0. The van der Waals surface area contributed by atoms with E-state index in [0.29, 0.717) is 0 Å². The number of benzene rings is 2. The number of nitrogens with zero attached hydrogens (tertiary/aromatic N) is 1. The molecule has 2 aromatic rings. The van der Waals surface area contributed by atoms with Gasteiger partial charge in [-0.1, -0.05) is 75.6 Å². The third-order valence-electron chi connectivity index (χ3n) is 6.80. The Morgan fingerprint density at radius 3 is 2.05 bits per heavy atom. The van der Waals surface area contributed by atoms with E-state index in [-0.39, 0.29) is 41.6 Å². The van der Waals surface area contributed by atoms with Gasteiger partial charge in [-0.05, 0) is 42.8 Å². The van der Waals surface area contributed by atoms with E-state index in [1.165, 1.54) is 69.2 Å². The van der Waals surface area contributed by atoms with E-state index in [1.54, 1.807) is 24.3 Å². The molecule has 1 heterocycles. The molecule has 2 aromatic carbocycles. The zero-order valence-corrected chi connectivity index (χ0v) is 25.2. The highest BCUT2D eigenvalue weighted by Crippen LogP contribution is 2.32. The predicted molar refractivity (Wildman–Crippen MR) is 155 cm³/mol. The van der Waals surface area contributed by atoms with E-state index < -0.39 is 28.0 Å². The number of carboxylic acids is 1. The fraction of sp³-hybridized carbons (Fsp3) is 0.552. The van der Waals surface area contributed by atoms with Crippen molar-refractivity contribution in [3.8, 4) is 5.75 Å². The Labute approximate surface area is 250 Å². The van der Waals surface area contributed by atoms with E-state index in [1.807, 2.05) is 0 Å². The Hall–Kier alpha value is -2.57. The maximum absolute atomic E-state index is 13.9. The van der Waals surface area contributed by atoms with Crippen molar-refractivity contribution in [2.45, 2.75) is 88.1 Å². The van der Waals surface area contributed by atoms with Gasteiger partial charge < -0.3 is 15.2 Å². The molecule has 0 spiro atoms. The van der Waals surface area contributed by atoms with Crippen LogP contribution in [0.1, 0.15) is 71.1 Å². The van der Waals surface area contributed by atoms with Gasteiger partial charge in [0.25, 0.3) is 0 Å². The Bertz CT molecular complexity index is 1210. The molecule has 0 aromatic heterocycles. The highest BCUT2D eigenvalue weighted by atomic mass is 35.5. The van der Waals surface area contributed by atoms with E-state index in [2.05, 4.69) is 17.0 Å². The molecular formula is C29H39ClF4N2O5S. The third-order valence-corrected chi connectivity index (χ3v) is 9.20. The zero-order valence-electron chi connectivity index (χ0n) is 23.6. The second-order valence-corrected chi connectivity index (χ2v) is 12.4. The molecule has 3 rings (SSSR count). The van der Waals surface area contributed by atoms with Crippen LogP contribution in [0.4, 0.5) is 23.2 Å². The fourth-order valence-electron chi connectivity index (χ4n) is 4.35. The summed E-state index contributed by atoms with van der Waals surface area (Å²) in [6.45, 7) is 2.69. The van der Waals surface area contributed by atoms with Crippen molar-refractivity contribution in [1.29, 1.82) is 0 Å². The number of halogens is 5. The molecule has 7 nitrogen and oxygen atoms in total. The number of ether oxygens (including phenoxy) is 1.